The van der Waals surface area contributed by atoms with Gasteiger partial charge in [0.05, 0.1) is 0 Å². The van der Waals surface area contributed by atoms with Crippen molar-refractivity contribution in [1.82, 2.24) is 10.5 Å². The van der Waals surface area contributed by atoms with Crippen LogP contribution in [0, 0.1) is 0 Å². The van der Waals surface area contributed by atoms with Gasteiger partial charge in [-0.1, -0.05) is 11.2 Å². The third-order valence-electron chi connectivity index (χ3n) is 2.78. The van der Waals surface area contributed by atoms with Crippen molar-refractivity contribution in [3.05, 3.63) is 36.1 Å². The van der Waals surface area contributed by atoms with Crippen LogP contribution in [0.15, 0.2) is 35.1 Å². The van der Waals surface area contributed by atoms with E-state index < -0.39 is 11.8 Å². The minimum Gasteiger partial charge on any atom is -0.454 e. The van der Waals surface area contributed by atoms with Gasteiger partial charge in [-0.3, -0.25) is 14.9 Å². The average molecular weight is 289 g/mol. The minimum absolute atomic E-state index is 0.179. The van der Waals surface area contributed by atoms with Crippen LogP contribution in [-0.2, 0) is 16.1 Å². The van der Waals surface area contributed by atoms with Crippen LogP contribution < -0.4 is 20.1 Å². The van der Waals surface area contributed by atoms with Crippen molar-refractivity contribution in [2.75, 3.05) is 12.1 Å². The van der Waals surface area contributed by atoms with Crippen LogP contribution in [0.25, 0.3) is 0 Å². The Morgan fingerprint density at radius 1 is 1.14 bits per heavy atom. The number of amides is 2. The standard InChI is InChI=1S/C13H11N3O5/c17-12(13(18)15-11-3-4-21-16-11)14-6-8-1-2-9-10(5-8)20-7-19-9/h1-5H,6-7H2,(H,14,17)(H,15,16,18). The summed E-state index contributed by atoms with van der Waals surface area (Å²) in [6.07, 6.45) is 1.29. The summed E-state index contributed by atoms with van der Waals surface area (Å²) in [4.78, 5) is 23.2. The fourth-order valence-corrected chi connectivity index (χ4v) is 1.76. The lowest BCUT2D eigenvalue weighted by Crippen LogP contribution is -2.35. The molecule has 0 aliphatic carbocycles. The first-order valence-corrected chi connectivity index (χ1v) is 6.10. The molecular weight excluding hydrogens is 278 g/mol. The van der Waals surface area contributed by atoms with Gasteiger partial charge in [0.15, 0.2) is 17.3 Å². The number of hydrogen-bond acceptors (Lipinski definition) is 6. The quantitative estimate of drug-likeness (QED) is 0.805. The molecule has 1 aromatic heterocycles. The van der Waals surface area contributed by atoms with Crippen LogP contribution in [0.1, 0.15) is 5.56 Å². The Kier molecular flexibility index (Phi) is 3.42. The third-order valence-corrected chi connectivity index (χ3v) is 2.78. The highest BCUT2D eigenvalue weighted by molar-refractivity contribution is 6.39. The molecule has 0 bridgehead atoms. The Hall–Kier alpha value is -3.03. The molecule has 0 saturated heterocycles. The molecule has 8 heteroatoms. The third kappa shape index (κ3) is 2.94. The van der Waals surface area contributed by atoms with E-state index in [2.05, 4.69) is 20.3 Å². The van der Waals surface area contributed by atoms with Crippen molar-refractivity contribution in [3.63, 3.8) is 0 Å². The molecule has 3 rings (SSSR count). The molecule has 0 saturated carbocycles. The lowest BCUT2D eigenvalue weighted by atomic mass is 10.2. The molecule has 108 valence electrons. The Labute approximate surface area is 119 Å². The number of nitrogens with zero attached hydrogens (tertiary/aromatic N) is 1. The van der Waals surface area contributed by atoms with Gasteiger partial charge < -0.3 is 19.3 Å². The molecule has 2 amide bonds. The van der Waals surface area contributed by atoms with E-state index in [4.69, 9.17) is 9.47 Å². The van der Waals surface area contributed by atoms with Crippen molar-refractivity contribution in [1.29, 1.82) is 0 Å². The number of anilines is 1. The van der Waals surface area contributed by atoms with Gasteiger partial charge in [0.2, 0.25) is 6.79 Å². The van der Waals surface area contributed by atoms with E-state index in [-0.39, 0.29) is 19.2 Å². The van der Waals surface area contributed by atoms with Crippen molar-refractivity contribution < 1.29 is 23.6 Å². The number of fused-ring (bicyclic) bond motifs is 1. The van der Waals surface area contributed by atoms with Crippen molar-refractivity contribution >= 4 is 17.6 Å². The van der Waals surface area contributed by atoms with Crippen molar-refractivity contribution in [2.45, 2.75) is 6.54 Å². The minimum atomic E-state index is -0.815. The molecule has 1 aliphatic heterocycles. The molecule has 2 aromatic rings. The molecule has 0 fully saturated rings. The summed E-state index contributed by atoms with van der Waals surface area (Å²) in [5, 5.41) is 8.27. The number of aromatic nitrogens is 1. The van der Waals surface area contributed by atoms with Crippen LogP contribution in [0.4, 0.5) is 5.82 Å². The smallest absolute Gasteiger partial charge is 0.314 e. The van der Waals surface area contributed by atoms with Gasteiger partial charge in [-0.15, -0.1) is 0 Å². The molecular formula is C13H11N3O5. The monoisotopic (exact) mass is 289 g/mol. The van der Waals surface area contributed by atoms with Crippen LogP contribution in [-0.4, -0.2) is 23.8 Å². The maximum atomic E-state index is 11.6. The first-order valence-electron chi connectivity index (χ1n) is 6.10. The molecule has 2 heterocycles. The predicted octanol–water partition coefficient (Wildman–Crippen LogP) is 0.658. The lowest BCUT2D eigenvalue weighted by Gasteiger charge is -2.05. The SMILES string of the molecule is O=C(NCc1ccc2c(c1)OCO2)C(=O)Nc1ccon1. The molecule has 0 atom stereocenters. The van der Waals surface area contributed by atoms with E-state index in [1.54, 1.807) is 18.2 Å². The Balaban J connectivity index is 1.54. The summed E-state index contributed by atoms with van der Waals surface area (Å²) in [5.41, 5.74) is 0.793. The molecule has 8 nitrogen and oxygen atoms in total. The first-order chi connectivity index (χ1) is 10.2. The first kappa shape index (κ1) is 13.0. The molecule has 0 unspecified atom stereocenters. The molecule has 21 heavy (non-hydrogen) atoms. The second-order valence-corrected chi connectivity index (χ2v) is 4.21. The second-order valence-electron chi connectivity index (χ2n) is 4.21. The van der Waals surface area contributed by atoms with Crippen LogP contribution in [0.2, 0.25) is 0 Å². The molecule has 0 spiro atoms. The molecule has 1 aromatic carbocycles. The second kappa shape index (κ2) is 5.53. The summed E-state index contributed by atoms with van der Waals surface area (Å²) >= 11 is 0. The normalized spacial score (nSPS) is 12.0. The zero-order valence-corrected chi connectivity index (χ0v) is 10.8. The van der Waals surface area contributed by atoms with Crippen molar-refractivity contribution in [3.8, 4) is 11.5 Å². The average Bonchev–Trinajstić information content (AvgIpc) is 3.14. The van der Waals surface area contributed by atoms with Gasteiger partial charge in [-0.2, -0.15) is 0 Å². The molecule has 2 N–H and O–H groups in total. The van der Waals surface area contributed by atoms with Crippen LogP contribution in [0.3, 0.4) is 0 Å². The number of rotatable bonds is 3. The molecule has 1 aliphatic rings. The summed E-state index contributed by atoms with van der Waals surface area (Å²) < 4.78 is 15.0. The summed E-state index contributed by atoms with van der Waals surface area (Å²) in [6.45, 7) is 0.382. The fourth-order valence-electron chi connectivity index (χ4n) is 1.76. The van der Waals surface area contributed by atoms with Gasteiger partial charge in [0.1, 0.15) is 6.26 Å². The van der Waals surface area contributed by atoms with E-state index in [9.17, 15) is 9.59 Å². The molecule has 0 radical (unpaired) electrons. The summed E-state index contributed by atoms with van der Waals surface area (Å²) in [7, 11) is 0. The summed E-state index contributed by atoms with van der Waals surface area (Å²) in [5.74, 6) is -0.124. The number of ether oxygens (including phenoxy) is 2. The number of hydrogen-bond donors (Lipinski definition) is 2. The maximum Gasteiger partial charge on any atom is 0.314 e. The number of carbonyl (C=O) groups excluding carboxylic acids is 2. The zero-order valence-electron chi connectivity index (χ0n) is 10.8. The number of benzene rings is 1. The van der Waals surface area contributed by atoms with Gasteiger partial charge in [-0.05, 0) is 17.7 Å². The predicted molar refractivity (Wildman–Crippen MR) is 69.5 cm³/mol. The zero-order chi connectivity index (χ0) is 14.7. The van der Waals surface area contributed by atoms with Crippen LogP contribution in [0.5, 0.6) is 11.5 Å². The highest BCUT2D eigenvalue weighted by Gasteiger charge is 2.16. The Morgan fingerprint density at radius 2 is 2.00 bits per heavy atom. The van der Waals surface area contributed by atoms with Gasteiger partial charge >= 0.3 is 11.8 Å². The maximum absolute atomic E-state index is 11.6. The number of nitrogens with one attached hydrogen (secondary N) is 2. The summed E-state index contributed by atoms with van der Waals surface area (Å²) in [6, 6.07) is 6.71. The Bertz CT molecular complexity index is 668. The van der Waals surface area contributed by atoms with Crippen LogP contribution >= 0.6 is 0 Å². The van der Waals surface area contributed by atoms with E-state index in [0.717, 1.165) is 5.56 Å². The fraction of sp³-hybridized carbons (Fsp3) is 0.154. The topological polar surface area (TPSA) is 103 Å². The number of carbonyl (C=O) groups is 2. The largest absolute Gasteiger partial charge is 0.454 e. The highest BCUT2D eigenvalue weighted by atomic mass is 16.7. The van der Waals surface area contributed by atoms with E-state index in [1.165, 1.54) is 12.3 Å². The van der Waals surface area contributed by atoms with E-state index in [1.807, 2.05) is 0 Å². The highest BCUT2D eigenvalue weighted by Crippen LogP contribution is 2.32. The lowest BCUT2D eigenvalue weighted by molar-refractivity contribution is -0.136. The van der Waals surface area contributed by atoms with Crippen molar-refractivity contribution in [2.24, 2.45) is 0 Å². The van der Waals surface area contributed by atoms with E-state index in [0.29, 0.717) is 11.5 Å². The van der Waals surface area contributed by atoms with E-state index >= 15 is 0 Å². The van der Waals surface area contributed by atoms with Gasteiger partial charge in [0.25, 0.3) is 0 Å². The van der Waals surface area contributed by atoms with Gasteiger partial charge in [0, 0.05) is 12.6 Å². The van der Waals surface area contributed by atoms with Gasteiger partial charge in [-0.25, -0.2) is 0 Å². The Morgan fingerprint density at radius 3 is 2.81 bits per heavy atom.